The van der Waals surface area contributed by atoms with Crippen LogP contribution in [-0.4, -0.2) is 79.5 Å². The summed E-state index contributed by atoms with van der Waals surface area (Å²) in [5.74, 6) is 2.02. The van der Waals surface area contributed by atoms with Crippen molar-refractivity contribution in [2.24, 2.45) is 4.99 Å². The van der Waals surface area contributed by atoms with Crippen LogP contribution >= 0.6 is 0 Å². The zero-order valence-corrected chi connectivity index (χ0v) is 17.3. The summed E-state index contributed by atoms with van der Waals surface area (Å²) in [5.41, 5.74) is 0. The molecule has 1 aromatic rings. The van der Waals surface area contributed by atoms with E-state index in [2.05, 4.69) is 38.6 Å². The van der Waals surface area contributed by atoms with Gasteiger partial charge in [-0.1, -0.05) is 12.1 Å². The number of carbonyl (C=O) groups excluding carboxylic acids is 1. The average molecular weight is 387 g/mol. The molecule has 2 rings (SSSR count). The van der Waals surface area contributed by atoms with Gasteiger partial charge in [-0.25, -0.2) is 4.98 Å². The number of rotatable bonds is 9. The van der Waals surface area contributed by atoms with E-state index in [9.17, 15) is 4.79 Å². The van der Waals surface area contributed by atoms with Crippen LogP contribution in [0, 0.1) is 0 Å². The fraction of sp³-hybridized carbons (Fsp3) is 0.571. The van der Waals surface area contributed by atoms with E-state index in [0.717, 1.165) is 63.9 Å². The van der Waals surface area contributed by atoms with E-state index in [1.54, 1.807) is 6.20 Å². The number of nitrogens with one attached hydrogen (secondary N) is 1. The van der Waals surface area contributed by atoms with Crippen molar-refractivity contribution in [2.75, 3.05) is 57.8 Å². The predicted octanol–water partition coefficient (Wildman–Crippen LogP) is 1.98. The van der Waals surface area contributed by atoms with Crippen LogP contribution in [0.25, 0.3) is 0 Å². The molecule has 0 atom stereocenters. The zero-order valence-electron chi connectivity index (χ0n) is 17.3. The summed E-state index contributed by atoms with van der Waals surface area (Å²) in [6, 6.07) is 5.93. The summed E-state index contributed by atoms with van der Waals surface area (Å²) >= 11 is 0. The molecule has 2 heterocycles. The molecule has 0 radical (unpaired) electrons. The van der Waals surface area contributed by atoms with Crippen molar-refractivity contribution in [2.45, 2.75) is 26.2 Å². The van der Waals surface area contributed by atoms with Crippen molar-refractivity contribution in [3.63, 3.8) is 0 Å². The number of amides is 1. The maximum absolute atomic E-state index is 12.5. The Bertz CT molecular complexity index is 625. The van der Waals surface area contributed by atoms with Crippen molar-refractivity contribution in [3.8, 4) is 0 Å². The molecule has 0 unspecified atom stereocenters. The number of guanidine groups is 1. The Morgan fingerprint density at radius 3 is 2.79 bits per heavy atom. The lowest BCUT2D eigenvalue weighted by atomic mass is 10.2. The lowest BCUT2D eigenvalue weighted by molar-refractivity contribution is -0.131. The van der Waals surface area contributed by atoms with Crippen molar-refractivity contribution in [1.82, 2.24) is 20.1 Å². The van der Waals surface area contributed by atoms with Crippen molar-refractivity contribution >= 4 is 17.7 Å². The Hall–Kier alpha value is -2.57. The molecule has 1 aliphatic rings. The van der Waals surface area contributed by atoms with Crippen LogP contribution in [0.5, 0.6) is 0 Å². The van der Waals surface area contributed by atoms with Gasteiger partial charge in [0, 0.05) is 58.9 Å². The summed E-state index contributed by atoms with van der Waals surface area (Å²) in [5, 5.41) is 3.30. The third kappa shape index (κ3) is 6.87. The van der Waals surface area contributed by atoms with Gasteiger partial charge < -0.3 is 20.0 Å². The fourth-order valence-electron chi connectivity index (χ4n) is 3.19. The second-order valence-electron chi connectivity index (χ2n) is 6.89. The minimum absolute atomic E-state index is 0.176. The number of carbonyl (C=O) groups is 1. The van der Waals surface area contributed by atoms with E-state index in [0.29, 0.717) is 13.0 Å². The monoisotopic (exact) mass is 386 g/mol. The highest BCUT2D eigenvalue weighted by atomic mass is 16.2. The van der Waals surface area contributed by atoms with Crippen molar-refractivity contribution in [1.29, 1.82) is 0 Å². The molecule has 1 fully saturated rings. The molecular formula is C21H34N6O. The van der Waals surface area contributed by atoms with Gasteiger partial charge in [-0.2, -0.15) is 0 Å². The number of pyridine rings is 1. The number of nitrogens with zero attached hydrogens (tertiary/aromatic N) is 5. The smallest absolute Gasteiger partial charge is 0.224 e. The van der Waals surface area contributed by atoms with Gasteiger partial charge in [0.15, 0.2) is 5.96 Å². The number of hydrogen-bond acceptors (Lipinski definition) is 4. The number of unbranched alkanes of at least 4 members (excludes halogenated alkanes) is 1. The number of aromatic nitrogens is 1. The molecule has 0 saturated carbocycles. The highest BCUT2D eigenvalue weighted by Crippen LogP contribution is 2.13. The first-order valence-electron chi connectivity index (χ1n) is 10.2. The molecule has 154 valence electrons. The number of hydrogen-bond donors (Lipinski definition) is 1. The van der Waals surface area contributed by atoms with E-state index in [1.165, 1.54) is 0 Å². The Kier molecular flexibility index (Phi) is 9.31. The normalized spacial score (nSPS) is 14.7. The Morgan fingerprint density at radius 1 is 1.36 bits per heavy atom. The van der Waals surface area contributed by atoms with Gasteiger partial charge in [-0.05, 0) is 31.9 Å². The first-order valence-corrected chi connectivity index (χ1v) is 10.2. The fourth-order valence-corrected chi connectivity index (χ4v) is 3.19. The number of anilines is 1. The zero-order chi connectivity index (χ0) is 20.2. The van der Waals surface area contributed by atoms with Gasteiger partial charge in [0.25, 0.3) is 0 Å². The van der Waals surface area contributed by atoms with Crippen molar-refractivity contribution < 1.29 is 4.79 Å². The van der Waals surface area contributed by atoms with Gasteiger partial charge in [-0.3, -0.25) is 9.79 Å². The lowest BCUT2D eigenvalue weighted by Gasteiger charge is -2.35. The standard InChI is InChI=1S/C21H34N6O/c1-4-6-9-14-25(3)21(22-5-2)24-13-11-20(28)27-17-15-26(16-18-27)19-10-7-8-12-23-19/h4,7-8,10,12H,1,5-6,9,11,13-18H2,2-3H3,(H,22,24). The molecule has 7 heteroatoms. The average Bonchev–Trinajstić information content (AvgIpc) is 2.74. The molecule has 0 aromatic carbocycles. The Morgan fingerprint density at radius 2 is 2.14 bits per heavy atom. The highest BCUT2D eigenvalue weighted by molar-refractivity contribution is 5.81. The molecule has 0 spiro atoms. The summed E-state index contributed by atoms with van der Waals surface area (Å²) in [6.07, 6.45) is 6.22. The van der Waals surface area contributed by atoms with Gasteiger partial charge in [0.05, 0.1) is 6.54 Å². The SMILES string of the molecule is C=CCCCN(C)C(=NCCC(=O)N1CCN(c2ccccn2)CC1)NCC. The number of allylic oxidation sites excluding steroid dienone is 1. The molecule has 0 aliphatic carbocycles. The first-order chi connectivity index (χ1) is 13.7. The second kappa shape index (κ2) is 12.0. The minimum atomic E-state index is 0.176. The quantitative estimate of drug-likeness (QED) is 0.304. The van der Waals surface area contributed by atoms with Crippen LogP contribution in [0.15, 0.2) is 42.0 Å². The lowest BCUT2D eigenvalue weighted by Crippen LogP contribution is -2.49. The maximum Gasteiger partial charge on any atom is 0.224 e. The molecule has 0 bridgehead atoms. The topological polar surface area (TPSA) is 64.1 Å². The van der Waals surface area contributed by atoms with Gasteiger partial charge in [-0.15, -0.1) is 6.58 Å². The molecule has 1 aliphatic heterocycles. The highest BCUT2D eigenvalue weighted by Gasteiger charge is 2.21. The van der Waals surface area contributed by atoms with E-state index >= 15 is 0 Å². The van der Waals surface area contributed by atoms with Crippen LogP contribution in [-0.2, 0) is 4.79 Å². The predicted molar refractivity (Wildman–Crippen MR) is 116 cm³/mol. The largest absolute Gasteiger partial charge is 0.357 e. The molecule has 1 N–H and O–H groups in total. The summed E-state index contributed by atoms with van der Waals surface area (Å²) in [7, 11) is 2.03. The molecular weight excluding hydrogens is 352 g/mol. The Balaban J connectivity index is 1.77. The van der Waals surface area contributed by atoms with Gasteiger partial charge in [0.1, 0.15) is 5.82 Å². The first kappa shape index (κ1) is 21.7. The van der Waals surface area contributed by atoms with E-state index in [4.69, 9.17) is 0 Å². The van der Waals surface area contributed by atoms with E-state index in [-0.39, 0.29) is 5.91 Å². The van der Waals surface area contributed by atoms with Crippen molar-refractivity contribution in [3.05, 3.63) is 37.1 Å². The van der Waals surface area contributed by atoms with Crippen LogP contribution in [0.1, 0.15) is 26.2 Å². The molecule has 1 saturated heterocycles. The van der Waals surface area contributed by atoms with Crippen LogP contribution in [0.3, 0.4) is 0 Å². The molecule has 7 nitrogen and oxygen atoms in total. The van der Waals surface area contributed by atoms with Crippen LogP contribution < -0.4 is 10.2 Å². The number of piperazine rings is 1. The second-order valence-corrected chi connectivity index (χ2v) is 6.89. The van der Waals surface area contributed by atoms with E-state index in [1.807, 2.05) is 36.2 Å². The minimum Gasteiger partial charge on any atom is -0.357 e. The van der Waals surface area contributed by atoms with Gasteiger partial charge in [0.2, 0.25) is 5.91 Å². The van der Waals surface area contributed by atoms with Crippen LogP contribution in [0.4, 0.5) is 5.82 Å². The molecule has 1 aromatic heterocycles. The molecule has 28 heavy (non-hydrogen) atoms. The van der Waals surface area contributed by atoms with Gasteiger partial charge >= 0.3 is 0 Å². The summed E-state index contributed by atoms with van der Waals surface area (Å²) in [4.78, 5) is 27.8. The summed E-state index contributed by atoms with van der Waals surface area (Å²) in [6.45, 7) is 11.2. The van der Waals surface area contributed by atoms with Crippen LogP contribution in [0.2, 0.25) is 0 Å². The maximum atomic E-state index is 12.5. The summed E-state index contributed by atoms with van der Waals surface area (Å²) < 4.78 is 0. The third-order valence-electron chi connectivity index (χ3n) is 4.79. The Labute approximate surface area is 169 Å². The number of aliphatic imine (C=N–C) groups is 1. The molecule has 1 amide bonds. The van der Waals surface area contributed by atoms with E-state index < -0.39 is 0 Å². The third-order valence-corrected chi connectivity index (χ3v) is 4.79.